The second kappa shape index (κ2) is 15.9. The fraction of sp³-hybridized carbons (Fsp3) is 0.432. The maximum absolute atomic E-state index is 13.3. The Morgan fingerprint density at radius 1 is 0.932 bits per heavy atom. The highest BCUT2D eigenvalue weighted by Gasteiger charge is 2.49. The van der Waals surface area contributed by atoms with Crippen LogP contribution in [0.25, 0.3) is 21.9 Å². The second-order valence-electron chi connectivity index (χ2n) is 16.3. The average Bonchev–Trinajstić information content (AvgIpc) is 3.74. The number of rotatable bonds is 13. The fourth-order valence-electron chi connectivity index (χ4n) is 9.28. The zero-order valence-corrected chi connectivity index (χ0v) is 33.7. The van der Waals surface area contributed by atoms with Gasteiger partial charge in [0.2, 0.25) is 17.7 Å². The Morgan fingerprint density at radius 2 is 1.68 bits per heavy atom. The van der Waals surface area contributed by atoms with Crippen molar-refractivity contribution in [3.63, 3.8) is 0 Å². The molecule has 1 N–H and O–H groups in total. The van der Waals surface area contributed by atoms with Crippen molar-refractivity contribution in [2.45, 2.75) is 70.1 Å². The molecule has 2 atom stereocenters. The van der Waals surface area contributed by atoms with Crippen LogP contribution in [0.5, 0.6) is 17.2 Å². The topological polar surface area (TPSA) is 170 Å². The largest absolute Gasteiger partial charge is 0.496 e. The normalized spacial score (nSPS) is 19.8. The van der Waals surface area contributed by atoms with Crippen molar-refractivity contribution in [1.29, 1.82) is 0 Å². The molecule has 4 aromatic rings. The van der Waals surface area contributed by atoms with Gasteiger partial charge in [-0.15, -0.1) is 0 Å². The highest BCUT2D eigenvalue weighted by Crippen LogP contribution is 2.47. The first-order chi connectivity index (χ1) is 28.4. The van der Waals surface area contributed by atoms with Crippen LogP contribution in [-0.4, -0.2) is 107 Å². The van der Waals surface area contributed by atoms with Crippen molar-refractivity contribution in [3.05, 3.63) is 82.0 Å². The summed E-state index contributed by atoms with van der Waals surface area (Å²) >= 11 is 0. The lowest BCUT2D eigenvalue weighted by Gasteiger charge is -2.48. The van der Waals surface area contributed by atoms with E-state index in [1.54, 1.807) is 70.0 Å². The molecule has 59 heavy (non-hydrogen) atoms. The number of ether oxygens (including phenoxy) is 3. The van der Waals surface area contributed by atoms with Gasteiger partial charge in [-0.2, -0.15) is 0 Å². The van der Waals surface area contributed by atoms with E-state index in [-0.39, 0.29) is 47.0 Å². The summed E-state index contributed by atoms with van der Waals surface area (Å²) in [4.78, 5) is 85.6. The first kappa shape index (κ1) is 39.7. The van der Waals surface area contributed by atoms with E-state index in [9.17, 15) is 28.8 Å². The van der Waals surface area contributed by atoms with E-state index in [4.69, 9.17) is 14.2 Å². The molecule has 8 rings (SSSR count). The molecule has 3 fully saturated rings. The van der Waals surface area contributed by atoms with Gasteiger partial charge in [-0.05, 0) is 97.8 Å². The number of fused-ring (bicyclic) bond motifs is 2. The minimum atomic E-state index is -1.01. The Bertz CT molecular complexity index is 2410. The van der Waals surface area contributed by atoms with Crippen LogP contribution in [-0.2, 0) is 28.0 Å². The van der Waals surface area contributed by atoms with Crippen LogP contribution >= 0.6 is 0 Å². The van der Waals surface area contributed by atoms with Gasteiger partial charge in [-0.1, -0.05) is 0 Å². The lowest BCUT2D eigenvalue weighted by Crippen LogP contribution is -2.55. The number of nitrogens with zero attached hydrogens (tertiary/aromatic N) is 5. The number of hydrogen-bond acceptors (Lipinski definition) is 11. The Hall–Kier alpha value is -6.09. The van der Waals surface area contributed by atoms with Gasteiger partial charge in [0.1, 0.15) is 23.3 Å². The van der Waals surface area contributed by atoms with E-state index in [1.165, 1.54) is 4.57 Å². The zero-order chi connectivity index (χ0) is 41.6. The molecule has 15 nitrogen and oxygen atoms in total. The van der Waals surface area contributed by atoms with Crippen molar-refractivity contribution in [2.75, 3.05) is 40.9 Å². The number of carbonyl (C=O) groups is 5. The van der Waals surface area contributed by atoms with Crippen LogP contribution in [0.3, 0.4) is 0 Å². The first-order valence-electron chi connectivity index (χ1n) is 20.1. The zero-order valence-electron chi connectivity index (χ0n) is 33.7. The molecule has 3 aliphatic heterocycles. The number of benzene rings is 2. The summed E-state index contributed by atoms with van der Waals surface area (Å²) in [6, 6.07) is 9.52. The van der Waals surface area contributed by atoms with E-state index >= 15 is 0 Å². The summed E-state index contributed by atoms with van der Waals surface area (Å²) in [5, 5.41) is 3.51. The Balaban J connectivity index is 0.799. The summed E-state index contributed by atoms with van der Waals surface area (Å²) in [5.41, 5.74) is 2.90. The minimum absolute atomic E-state index is 0.0127. The van der Waals surface area contributed by atoms with Crippen LogP contribution < -0.4 is 25.1 Å². The molecule has 0 radical (unpaired) electrons. The van der Waals surface area contributed by atoms with Crippen LogP contribution in [0.4, 0.5) is 0 Å². The highest BCUT2D eigenvalue weighted by molar-refractivity contribution is 6.23. The lowest BCUT2D eigenvalue weighted by molar-refractivity contribution is -0.136. The number of aromatic nitrogens is 2. The van der Waals surface area contributed by atoms with E-state index in [2.05, 4.69) is 15.2 Å². The third-order valence-electron chi connectivity index (χ3n) is 12.3. The summed E-state index contributed by atoms with van der Waals surface area (Å²) in [7, 11) is 6.68. The van der Waals surface area contributed by atoms with Crippen molar-refractivity contribution < 1.29 is 38.2 Å². The standard InChI is InChI=1S/C44H48N6O9/c1-47(23-34-36(57-3)17-26(18-37(34)58-4)33-22-48(2)41(54)32-21-45-15-13-29(32)33)39(52)7-5-6-16-49-24-44(25-49)14-12-28(20-44)59-27-8-9-30-31(19-27)43(56)50(42(30)55)35-10-11-38(51)46-40(35)53/h8-9,13,15,17-19,21-22,28,35H,5-7,10-12,14,16,20,23-25H2,1-4H3,(H,46,51,53). The fourth-order valence-corrected chi connectivity index (χ4v) is 9.28. The van der Waals surface area contributed by atoms with Gasteiger partial charge in [0.05, 0.1) is 48.9 Å². The molecule has 2 aromatic carbocycles. The number of piperidine rings is 1. The van der Waals surface area contributed by atoms with E-state index in [0.717, 1.165) is 78.7 Å². The summed E-state index contributed by atoms with van der Waals surface area (Å²) in [5.74, 6) is -0.410. The number of unbranched alkanes of at least 4 members (excludes halogenated alkanes) is 1. The van der Waals surface area contributed by atoms with Gasteiger partial charge >= 0.3 is 0 Å². The van der Waals surface area contributed by atoms with Crippen molar-refractivity contribution in [2.24, 2.45) is 12.5 Å². The molecule has 2 unspecified atom stereocenters. The van der Waals surface area contributed by atoms with E-state index in [0.29, 0.717) is 35.6 Å². The number of carbonyl (C=O) groups excluding carboxylic acids is 5. The predicted octanol–water partition coefficient (Wildman–Crippen LogP) is 4.08. The van der Waals surface area contributed by atoms with Gasteiger partial charge in [0.25, 0.3) is 17.4 Å². The molecule has 1 spiro atoms. The molecule has 5 amide bonds. The van der Waals surface area contributed by atoms with Crippen molar-refractivity contribution in [3.8, 4) is 28.4 Å². The molecule has 15 heteroatoms. The van der Waals surface area contributed by atoms with E-state index < -0.39 is 29.7 Å². The van der Waals surface area contributed by atoms with Gasteiger partial charge in [-0.3, -0.25) is 44.0 Å². The lowest BCUT2D eigenvalue weighted by atomic mass is 9.78. The third kappa shape index (κ3) is 7.55. The Labute approximate surface area is 341 Å². The summed E-state index contributed by atoms with van der Waals surface area (Å²) in [6.07, 6.45) is 10.1. The number of methoxy groups -OCH3 is 2. The van der Waals surface area contributed by atoms with Crippen LogP contribution in [0.1, 0.15) is 77.6 Å². The Kier molecular flexibility index (Phi) is 10.7. The van der Waals surface area contributed by atoms with Gasteiger partial charge < -0.3 is 28.6 Å². The number of likely N-dealkylation sites (tertiary alicyclic amines) is 1. The second-order valence-corrected chi connectivity index (χ2v) is 16.3. The molecule has 1 saturated carbocycles. The number of imide groups is 2. The maximum Gasteiger partial charge on any atom is 0.262 e. The van der Waals surface area contributed by atoms with Gasteiger partial charge in [0.15, 0.2) is 0 Å². The molecule has 0 bridgehead atoms. The number of aryl methyl sites for hydroxylation is 1. The van der Waals surface area contributed by atoms with Gasteiger partial charge in [0, 0.05) is 64.2 Å². The average molecular weight is 805 g/mol. The minimum Gasteiger partial charge on any atom is -0.496 e. The number of pyridine rings is 2. The van der Waals surface area contributed by atoms with Crippen LogP contribution in [0, 0.1) is 5.41 Å². The number of nitrogens with one attached hydrogen (secondary N) is 1. The molecular weight excluding hydrogens is 757 g/mol. The monoisotopic (exact) mass is 804 g/mol. The summed E-state index contributed by atoms with van der Waals surface area (Å²) in [6.45, 7) is 3.16. The number of hydrogen-bond donors (Lipinski definition) is 1. The quantitative estimate of drug-likeness (QED) is 0.153. The smallest absolute Gasteiger partial charge is 0.262 e. The number of amides is 5. The molecular formula is C44H48N6O9. The third-order valence-corrected chi connectivity index (χ3v) is 12.3. The summed E-state index contributed by atoms with van der Waals surface area (Å²) < 4.78 is 19.5. The predicted molar refractivity (Wildman–Crippen MR) is 216 cm³/mol. The van der Waals surface area contributed by atoms with Crippen LogP contribution in [0.15, 0.2) is 59.8 Å². The Morgan fingerprint density at radius 3 is 2.41 bits per heavy atom. The molecule has 2 saturated heterocycles. The SMILES string of the molecule is COc1cc(-c2cn(C)c(=O)c3cnccc23)cc(OC)c1CN(C)C(=O)CCCCN1CC2(CCC(Oc3ccc4c(c3)C(=O)N(C3CCC(=O)NC3=O)C4=O)C2)C1. The molecule has 4 aliphatic rings. The maximum atomic E-state index is 13.3. The highest BCUT2D eigenvalue weighted by atomic mass is 16.5. The molecule has 5 heterocycles. The van der Waals surface area contributed by atoms with Crippen molar-refractivity contribution >= 4 is 40.3 Å². The van der Waals surface area contributed by atoms with Crippen molar-refractivity contribution in [1.82, 2.24) is 29.6 Å². The molecule has 308 valence electrons. The van der Waals surface area contributed by atoms with Gasteiger partial charge in [-0.25, -0.2) is 0 Å². The molecule has 1 aliphatic carbocycles. The van der Waals surface area contributed by atoms with Crippen LogP contribution in [0.2, 0.25) is 0 Å². The van der Waals surface area contributed by atoms with E-state index in [1.807, 2.05) is 18.2 Å². The molecule has 2 aromatic heterocycles. The first-order valence-corrected chi connectivity index (χ1v) is 20.1.